The third-order valence-corrected chi connectivity index (χ3v) is 1.20. The molecule has 1 rings (SSSR count). The largest absolute Gasteiger partial charge is 0.436 e. The zero-order valence-electron chi connectivity index (χ0n) is 5.29. The van der Waals surface area contributed by atoms with Gasteiger partial charge in [0.25, 0.3) is 5.91 Å². The number of ether oxygens (including phenoxy) is 1. The maximum Gasteiger partial charge on any atom is 0.414 e. The highest BCUT2D eigenvalue weighted by Crippen LogP contribution is 2.04. The van der Waals surface area contributed by atoms with Gasteiger partial charge in [0.1, 0.15) is 0 Å². The number of cyclic esters (lactones) is 1. The van der Waals surface area contributed by atoms with Crippen LogP contribution in [0.2, 0.25) is 0 Å². The van der Waals surface area contributed by atoms with E-state index in [4.69, 9.17) is 5.73 Å². The summed E-state index contributed by atoms with van der Waals surface area (Å²) in [6, 6.07) is 0. The van der Waals surface area contributed by atoms with Crippen molar-refractivity contribution in [2.75, 3.05) is 6.54 Å². The molecule has 1 saturated heterocycles. The van der Waals surface area contributed by atoms with Crippen LogP contribution in [0.25, 0.3) is 0 Å². The Morgan fingerprint density at radius 2 is 2.30 bits per heavy atom. The van der Waals surface area contributed by atoms with Crippen LogP contribution in [0, 0.1) is 0 Å². The average Bonchev–Trinajstić information content (AvgIpc) is 2.13. The van der Waals surface area contributed by atoms with Crippen LogP contribution in [0.3, 0.4) is 0 Å². The number of carbonyl (C=O) groups is 2. The van der Waals surface area contributed by atoms with Gasteiger partial charge < -0.3 is 10.5 Å². The van der Waals surface area contributed by atoms with Gasteiger partial charge in [-0.05, 0) is 6.54 Å². The molecule has 1 aliphatic heterocycles. The van der Waals surface area contributed by atoms with Gasteiger partial charge in [0.05, 0.1) is 0 Å². The third kappa shape index (κ3) is 1.24. The van der Waals surface area contributed by atoms with E-state index in [1.807, 2.05) is 5.32 Å². The van der Waals surface area contributed by atoms with Gasteiger partial charge in [-0.15, -0.1) is 0 Å². The van der Waals surface area contributed by atoms with E-state index in [0.29, 0.717) is 13.0 Å². The number of carbonyl (C=O) groups excluding carboxylic acids is 2. The molecule has 0 bridgehead atoms. The summed E-state index contributed by atoms with van der Waals surface area (Å²) in [6.07, 6.45) is -0.960. The molecule has 10 heavy (non-hydrogen) atoms. The summed E-state index contributed by atoms with van der Waals surface area (Å²) in [7, 11) is 0. The van der Waals surface area contributed by atoms with Crippen molar-refractivity contribution in [1.29, 1.82) is 0 Å². The van der Waals surface area contributed by atoms with Gasteiger partial charge in [-0.2, -0.15) is 0 Å². The first-order valence-electron chi connectivity index (χ1n) is 2.95. The first-order chi connectivity index (χ1) is 4.74. The first kappa shape index (κ1) is 7.01. The molecule has 3 N–H and O–H groups in total. The molecule has 0 aromatic rings. The molecule has 1 heterocycles. The quantitative estimate of drug-likeness (QED) is 0.519. The molecule has 0 spiro atoms. The second kappa shape index (κ2) is 2.66. The molecule has 0 radical (unpaired) electrons. The lowest BCUT2D eigenvalue weighted by atomic mass is 10.2. The fraction of sp³-hybridized carbons (Fsp3) is 0.600. The Balaban J connectivity index is 2.46. The van der Waals surface area contributed by atoms with Crippen LogP contribution in [-0.2, 0) is 9.53 Å². The van der Waals surface area contributed by atoms with Crippen molar-refractivity contribution in [2.45, 2.75) is 12.5 Å². The molecule has 5 heteroatoms. The lowest BCUT2D eigenvalue weighted by molar-refractivity contribution is -0.123. The number of hydrogen-bond acceptors (Lipinski definition) is 4. The molecule has 0 aromatic heterocycles. The molecule has 1 unspecified atom stereocenters. The monoisotopic (exact) mass is 144 g/mol. The van der Waals surface area contributed by atoms with E-state index in [0.717, 1.165) is 0 Å². The highest BCUT2D eigenvalue weighted by Gasteiger charge is 2.30. The highest BCUT2D eigenvalue weighted by molar-refractivity contribution is 5.99. The molecule has 1 aliphatic rings. The summed E-state index contributed by atoms with van der Waals surface area (Å²) in [4.78, 5) is 21.0. The SMILES string of the molecule is NCCC1OC(=O)NC1=O. The van der Waals surface area contributed by atoms with E-state index < -0.39 is 18.1 Å². The molecule has 1 fully saturated rings. The van der Waals surface area contributed by atoms with E-state index in [9.17, 15) is 9.59 Å². The van der Waals surface area contributed by atoms with Crippen molar-refractivity contribution >= 4 is 12.0 Å². The summed E-state index contributed by atoms with van der Waals surface area (Å²) in [5.41, 5.74) is 5.14. The predicted octanol–water partition coefficient (Wildman–Crippen LogP) is -1.03. The van der Waals surface area contributed by atoms with Gasteiger partial charge in [-0.3, -0.25) is 10.1 Å². The summed E-state index contributed by atoms with van der Waals surface area (Å²) in [5, 5.41) is 2.00. The highest BCUT2D eigenvalue weighted by atomic mass is 16.6. The van der Waals surface area contributed by atoms with Gasteiger partial charge in [0.2, 0.25) is 0 Å². The van der Waals surface area contributed by atoms with E-state index in [2.05, 4.69) is 4.74 Å². The van der Waals surface area contributed by atoms with Crippen molar-refractivity contribution in [3.05, 3.63) is 0 Å². The van der Waals surface area contributed by atoms with Crippen LogP contribution in [0.5, 0.6) is 0 Å². The Hall–Kier alpha value is -1.10. The molecule has 1 atom stereocenters. The number of imide groups is 1. The minimum atomic E-state index is -0.677. The lowest BCUT2D eigenvalue weighted by Gasteiger charge is -2.00. The fourth-order valence-electron chi connectivity index (χ4n) is 0.735. The van der Waals surface area contributed by atoms with E-state index in [1.54, 1.807) is 0 Å². The molecule has 0 saturated carbocycles. The van der Waals surface area contributed by atoms with E-state index in [1.165, 1.54) is 0 Å². The number of nitrogens with one attached hydrogen (secondary N) is 1. The van der Waals surface area contributed by atoms with Crippen molar-refractivity contribution in [3.63, 3.8) is 0 Å². The van der Waals surface area contributed by atoms with Crippen molar-refractivity contribution in [2.24, 2.45) is 5.73 Å². The van der Waals surface area contributed by atoms with Crippen molar-refractivity contribution in [1.82, 2.24) is 5.32 Å². The molecule has 56 valence electrons. The van der Waals surface area contributed by atoms with Gasteiger partial charge in [-0.25, -0.2) is 4.79 Å². The molecule has 0 aliphatic carbocycles. The standard InChI is InChI=1S/C5H8N2O3/c6-2-1-3-4(8)7-5(9)10-3/h3H,1-2,6H2,(H,7,8,9). The number of hydrogen-bond donors (Lipinski definition) is 2. The van der Waals surface area contributed by atoms with Crippen molar-refractivity contribution < 1.29 is 14.3 Å². The maximum absolute atomic E-state index is 10.7. The first-order valence-corrected chi connectivity index (χ1v) is 2.95. The zero-order chi connectivity index (χ0) is 7.56. The smallest absolute Gasteiger partial charge is 0.414 e. The van der Waals surface area contributed by atoms with Crippen LogP contribution >= 0.6 is 0 Å². The lowest BCUT2D eigenvalue weighted by Crippen LogP contribution is -2.26. The molecule has 2 amide bonds. The summed E-state index contributed by atoms with van der Waals surface area (Å²) in [6.45, 7) is 0.339. The molecular weight excluding hydrogens is 136 g/mol. The Labute approximate surface area is 57.5 Å². The maximum atomic E-state index is 10.7. The number of alkyl carbamates (subject to hydrolysis) is 1. The minimum Gasteiger partial charge on any atom is -0.436 e. The number of nitrogens with two attached hydrogens (primary N) is 1. The summed E-state index contributed by atoms with van der Waals surface area (Å²) >= 11 is 0. The normalized spacial score (nSPS) is 24.3. The van der Waals surface area contributed by atoms with Crippen LogP contribution < -0.4 is 11.1 Å². The number of amides is 2. The van der Waals surface area contributed by atoms with E-state index >= 15 is 0 Å². The second-order valence-corrected chi connectivity index (χ2v) is 1.96. The van der Waals surface area contributed by atoms with Crippen LogP contribution in [0.1, 0.15) is 6.42 Å². The Morgan fingerprint density at radius 1 is 1.60 bits per heavy atom. The van der Waals surface area contributed by atoms with E-state index in [-0.39, 0.29) is 0 Å². The third-order valence-electron chi connectivity index (χ3n) is 1.20. The molecular formula is C5H8N2O3. The molecule has 5 nitrogen and oxygen atoms in total. The van der Waals surface area contributed by atoms with Crippen molar-refractivity contribution in [3.8, 4) is 0 Å². The van der Waals surface area contributed by atoms with Crippen LogP contribution in [-0.4, -0.2) is 24.6 Å². The average molecular weight is 144 g/mol. The predicted molar refractivity (Wildman–Crippen MR) is 32.1 cm³/mol. The Kier molecular flexibility index (Phi) is 1.86. The van der Waals surface area contributed by atoms with Gasteiger partial charge in [0.15, 0.2) is 6.10 Å². The van der Waals surface area contributed by atoms with Gasteiger partial charge >= 0.3 is 6.09 Å². The zero-order valence-corrected chi connectivity index (χ0v) is 5.29. The minimum absolute atomic E-state index is 0.339. The molecule has 0 aromatic carbocycles. The Morgan fingerprint density at radius 3 is 2.70 bits per heavy atom. The Bertz CT molecular complexity index is 168. The van der Waals surface area contributed by atoms with Gasteiger partial charge in [0, 0.05) is 6.42 Å². The summed E-state index contributed by atoms with van der Waals surface area (Å²) < 4.78 is 4.53. The summed E-state index contributed by atoms with van der Waals surface area (Å²) in [5.74, 6) is -0.393. The van der Waals surface area contributed by atoms with Crippen LogP contribution in [0.4, 0.5) is 4.79 Å². The fourth-order valence-corrected chi connectivity index (χ4v) is 0.735. The topological polar surface area (TPSA) is 81.4 Å². The second-order valence-electron chi connectivity index (χ2n) is 1.96. The van der Waals surface area contributed by atoms with Crippen LogP contribution in [0.15, 0.2) is 0 Å². The number of rotatable bonds is 2. The van der Waals surface area contributed by atoms with Gasteiger partial charge in [-0.1, -0.05) is 0 Å².